The Balaban J connectivity index is 2.16. The summed E-state index contributed by atoms with van der Waals surface area (Å²) in [7, 11) is 1.95. The van der Waals surface area contributed by atoms with E-state index in [-0.39, 0.29) is 6.04 Å². The highest BCUT2D eigenvalue weighted by molar-refractivity contribution is 9.10. The van der Waals surface area contributed by atoms with Gasteiger partial charge in [-0.1, -0.05) is 41.9 Å². The molecule has 0 radical (unpaired) electrons. The van der Waals surface area contributed by atoms with Gasteiger partial charge < -0.3 is 5.32 Å². The van der Waals surface area contributed by atoms with Crippen LogP contribution < -0.4 is 5.32 Å². The minimum absolute atomic E-state index is 0.0502. The molecular formula is C17H14BrClN2. The van der Waals surface area contributed by atoms with E-state index in [9.17, 15) is 0 Å². The molecular weight excluding hydrogens is 348 g/mol. The van der Waals surface area contributed by atoms with E-state index >= 15 is 0 Å². The third kappa shape index (κ3) is 2.82. The standard InChI is InChI=1S/C17H14BrClN2/c1-20-16(12-7-8-14(18)15(19)10-12)13-6-2-4-11-5-3-9-21-17(11)13/h2-10,16,20H,1H3. The number of aromatic nitrogens is 1. The van der Waals surface area contributed by atoms with E-state index in [0.29, 0.717) is 5.02 Å². The first-order chi connectivity index (χ1) is 10.2. The topological polar surface area (TPSA) is 24.9 Å². The second-order valence-corrected chi connectivity index (χ2v) is 6.08. The average Bonchev–Trinajstić information content (AvgIpc) is 2.52. The summed E-state index contributed by atoms with van der Waals surface area (Å²) in [5.74, 6) is 0. The van der Waals surface area contributed by atoms with Crippen molar-refractivity contribution in [2.75, 3.05) is 7.05 Å². The van der Waals surface area contributed by atoms with Crippen LogP contribution in [0.15, 0.2) is 59.2 Å². The van der Waals surface area contributed by atoms with E-state index < -0.39 is 0 Å². The molecule has 2 aromatic carbocycles. The number of benzene rings is 2. The molecule has 0 spiro atoms. The molecule has 0 fully saturated rings. The summed E-state index contributed by atoms with van der Waals surface area (Å²) in [6, 6.07) is 16.3. The van der Waals surface area contributed by atoms with Gasteiger partial charge in [0, 0.05) is 16.1 Å². The van der Waals surface area contributed by atoms with Crippen LogP contribution in [-0.4, -0.2) is 12.0 Å². The second-order valence-electron chi connectivity index (χ2n) is 4.82. The lowest BCUT2D eigenvalue weighted by molar-refractivity contribution is 0.695. The van der Waals surface area contributed by atoms with Gasteiger partial charge in [-0.3, -0.25) is 4.98 Å². The van der Waals surface area contributed by atoms with Crippen LogP contribution in [0.4, 0.5) is 0 Å². The zero-order chi connectivity index (χ0) is 14.8. The predicted molar refractivity (Wildman–Crippen MR) is 91.8 cm³/mol. The molecule has 3 aromatic rings. The average molecular weight is 362 g/mol. The number of pyridine rings is 1. The Morgan fingerprint density at radius 2 is 1.95 bits per heavy atom. The van der Waals surface area contributed by atoms with Crippen molar-refractivity contribution >= 4 is 38.4 Å². The van der Waals surface area contributed by atoms with Crippen LogP contribution in [0.3, 0.4) is 0 Å². The number of fused-ring (bicyclic) bond motifs is 1. The lowest BCUT2D eigenvalue weighted by atomic mass is 9.96. The Morgan fingerprint density at radius 3 is 2.71 bits per heavy atom. The van der Waals surface area contributed by atoms with Gasteiger partial charge in [0.05, 0.1) is 16.6 Å². The fourth-order valence-electron chi connectivity index (χ4n) is 2.55. The minimum Gasteiger partial charge on any atom is -0.309 e. The maximum Gasteiger partial charge on any atom is 0.0753 e. The lowest BCUT2D eigenvalue weighted by Gasteiger charge is -2.19. The number of nitrogens with one attached hydrogen (secondary N) is 1. The normalized spacial score (nSPS) is 12.5. The summed E-state index contributed by atoms with van der Waals surface area (Å²) < 4.78 is 0.902. The molecule has 0 aliphatic heterocycles. The quantitative estimate of drug-likeness (QED) is 0.713. The second kappa shape index (κ2) is 6.14. The van der Waals surface area contributed by atoms with Crippen LogP contribution in [0, 0.1) is 0 Å². The van der Waals surface area contributed by atoms with Crippen molar-refractivity contribution in [1.82, 2.24) is 10.3 Å². The van der Waals surface area contributed by atoms with Crippen LogP contribution in [0.1, 0.15) is 17.2 Å². The van der Waals surface area contributed by atoms with Crippen LogP contribution in [0.5, 0.6) is 0 Å². The van der Waals surface area contributed by atoms with E-state index in [4.69, 9.17) is 11.6 Å². The molecule has 2 nitrogen and oxygen atoms in total. The highest BCUT2D eigenvalue weighted by Crippen LogP contribution is 2.31. The first-order valence-corrected chi connectivity index (χ1v) is 7.83. The van der Waals surface area contributed by atoms with Gasteiger partial charge in [-0.2, -0.15) is 0 Å². The van der Waals surface area contributed by atoms with Gasteiger partial charge in [-0.25, -0.2) is 0 Å². The molecule has 1 atom stereocenters. The molecule has 0 bridgehead atoms. The Labute approximate surface area is 137 Å². The monoisotopic (exact) mass is 360 g/mol. The van der Waals surface area contributed by atoms with Crippen molar-refractivity contribution < 1.29 is 0 Å². The Bertz CT molecular complexity index is 783. The third-order valence-corrected chi connectivity index (χ3v) is 4.77. The van der Waals surface area contributed by atoms with Gasteiger partial charge in [0.25, 0.3) is 0 Å². The molecule has 106 valence electrons. The fraction of sp³-hybridized carbons (Fsp3) is 0.118. The molecule has 0 saturated heterocycles. The van der Waals surface area contributed by atoms with E-state index in [1.54, 1.807) is 0 Å². The summed E-state index contributed by atoms with van der Waals surface area (Å²) in [5, 5.41) is 5.21. The number of hydrogen-bond acceptors (Lipinski definition) is 2. The smallest absolute Gasteiger partial charge is 0.0753 e. The summed E-state index contributed by atoms with van der Waals surface area (Å²) in [6.07, 6.45) is 1.83. The SMILES string of the molecule is CNC(c1ccc(Br)c(Cl)c1)c1cccc2cccnc12. The zero-order valence-corrected chi connectivity index (χ0v) is 13.8. The van der Waals surface area contributed by atoms with E-state index in [1.165, 1.54) is 0 Å². The van der Waals surface area contributed by atoms with Crippen molar-refractivity contribution in [3.8, 4) is 0 Å². The highest BCUT2D eigenvalue weighted by atomic mass is 79.9. The molecule has 0 amide bonds. The number of nitrogens with zero attached hydrogens (tertiary/aromatic N) is 1. The summed E-state index contributed by atoms with van der Waals surface area (Å²) in [6.45, 7) is 0. The number of halogens is 2. The Morgan fingerprint density at radius 1 is 1.14 bits per heavy atom. The Kier molecular flexibility index (Phi) is 4.24. The van der Waals surface area contributed by atoms with Gasteiger partial charge >= 0.3 is 0 Å². The molecule has 4 heteroatoms. The fourth-order valence-corrected chi connectivity index (χ4v) is 2.99. The third-order valence-electron chi connectivity index (χ3n) is 3.54. The van der Waals surface area contributed by atoms with E-state index in [1.807, 2.05) is 31.4 Å². The number of hydrogen-bond donors (Lipinski definition) is 1. The maximum absolute atomic E-state index is 6.23. The zero-order valence-electron chi connectivity index (χ0n) is 11.5. The van der Waals surface area contributed by atoms with Gasteiger partial charge in [-0.15, -0.1) is 0 Å². The molecule has 0 saturated carbocycles. The first-order valence-electron chi connectivity index (χ1n) is 6.66. The highest BCUT2D eigenvalue weighted by Gasteiger charge is 2.16. The molecule has 1 N–H and O–H groups in total. The van der Waals surface area contributed by atoms with Gasteiger partial charge in [0.1, 0.15) is 0 Å². The molecule has 1 heterocycles. The predicted octanol–water partition coefficient (Wildman–Crippen LogP) is 4.96. The van der Waals surface area contributed by atoms with Crippen molar-refractivity contribution in [2.24, 2.45) is 0 Å². The molecule has 1 unspecified atom stereocenters. The maximum atomic E-state index is 6.23. The minimum atomic E-state index is 0.0502. The Hall–Kier alpha value is -1.42. The lowest BCUT2D eigenvalue weighted by Crippen LogP contribution is -2.18. The van der Waals surface area contributed by atoms with Crippen LogP contribution in [0.25, 0.3) is 10.9 Å². The van der Waals surface area contributed by atoms with Gasteiger partial charge in [-0.05, 0) is 52.3 Å². The number of para-hydroxylation sites is 1. The molecule has 3 rings (SSSR count). The summed E-state index contributed by atoms with van der Waals surface area (Å²) in [5.41, 5.74) is 3.27. The largest absolute Gasteiger partial charge is 0.309 e. The van der Waals surface area contributed by atoms with Crippen molar-refractivity contribution in [1.29, 1.82) is 0 Å². The van der Waals surface area contributed by atoms with E-state index in [0.717, 1.165) is 26.5 Å². The van der Waals surface area contributed by atoms with Crippen LogP contribution >= 0.6 is 27.5 Å². The van der Waals surface area contributed by atoms with Crippen molar-refractivity contribution in [3.05, 3.63) is 75.4 Å². The molecule has 0 aliphatic carbocycles. The van der Waals surface area contributed by atoms with Gasteiger partial charge in [0.2, 0.25) is 0 Å². The molecule has 1 aromatic heterocycles. The van der Waals surface area contributed by atoms with E-state index in [2.05, 4.69) is 56.6 Å². The van der Waals surface area contributed by atoms with Crippen LogP contribution in [-0.2, 0) is 0 Å². The molecule has 21 heavy (non-hydrogen) atoms. The first kappa shape index (κ1) is 14.5. The summed E-state index contributed by atoms with van der Waals surface area (Å²) in [4.78, 5) is 4.53. The van der Waals surface area contributed by atoms with Gasteiger partial charge in [0.15, 0.2) is 0 Å². The number of rotatable bonds is 3. The summed E-state index contributed by atoms with van der Waals surface area (Å²) >= 11 is 9.66. The molecule has 0 aliphatic rings. The van der Waals surface area contributed by atoms with Crippen molar-refractivity contribution in [3.63, 3.8) is 0 Å². The van der Waals surface area contributed by atoms with Crippen LogP contribution in [0.2, 0.25) is 5.02 Å². The van der Waals surface area contributed by atoms with Crippen molar-refractivity contribution in [2.45, 2.75) is 6.04 Å².